The van der Waals surface area contributed by atoms with Crippen LogP contribution in [0.25, 0.3) is 11.0 Å². The van der Waals surface area contributed by atoms with Gasteiger partial charge in [-0.25, -0.2) is 4.98 Å². The van der Waals surface area contributed by atoms with Crippen molar-refractivity contribution in [1.82, 2.24) is 20.1 Å². The van der Waals surface area contributed by atoms with Crippen LogP contribution in [0.2, 0.25) is 0 Å². The number of rotatable bonds is 5. The fraction of sp³-hybridized carbons (Fsp3) is 0.333. The molecular formula is C15H18N4O. The number of hydrogen-bond acceptors (Lipinski definition) is 4. The van der Waals surface area contributed by atoms with Crippen molar-refractivity contribution in [2.45, 2.75) is 26.4 Å². The second-order valence-corrected chi connectivity index (χ2v) is 4.79. The number of benzene rings is 1. The molecule has 0 aliphatic rings. The van der Waals surface area contributed by atoms with Crippen molar-refractivity contribution in [1.29, 1.82) is 0 Å². The molecule has 3 rings (SSSR count). The van der Waals surface area contributed by atoms with E-state index in [1.807, 2.05) is 25.2 Å². The number of fused-ring (bicyclic) bond motifs is 1. The van der Waals surface area contributed by atoms with Crippen LogP contribution in [0.1, 0.15) is 24.1 Å². The molecule has 5 heteroatoms. The average molecular weight is 270 g/mol. The van der Waals surface area contributed by atoms with Crippen LogP contribution in [0.4, 0.5) is 0 Å². The fourth-order valence-electron chi connectivity index (χ4n) is 2.39. The SMILES string of the molecule is CCc1oc2ccccc2c1CNCc1ncn(C)n1. The monoisotopic (exact) mass is 270 g/mol. The molecule has 2 aromatic heterocycles. The molecule has 0 radical (unpaired) electrons. The van der Waals surface area contributed by atoms with Crippen LogP contribution in [0.15, 0.2) is 35.0 Å². The Morgan fingerprint density at radius 3 is 2.85 bits per heavy atom. The number of nitrogens with one attached hydrogen (secondary N) is 1. The lowest BCUT2D eigenvalue weighted by atomic mass is 10.1. The van der Waals surface area contributed by atoms with Gasteiger partial charge >= 0.3 is 0 Å². The van der Waals surface area contributed by atoms with Crippen molar-refractivity contribution in [3.8, 4) is 0 Å². The van der Waals surface area contributed by atoms with Gasteiger partial charge in [0.05, 0.1) is 6.54 Å². The van der Waals surface area contributed by atoms with Crippen molar-refractivity contribution < 1.29 is 4.42 Å². The zero-order valence-corrected chi connectivity index (χ0v) is 11.8. The predicted octanol–water partition coefficient (Wildman–Crippen LogP) is 2.41. The van der Waals surface area contributed by atoms with Gasteiger partial charge in [0.15, 0.2) is 5.82 Å². The number of aromatic nitrogens is 3. The minimum absolute atomic E-state index is 0.656. The maximum absolute atomic E-state index is 5.88. The van der Waals surface area contributed by atoms with E-state index in [0.717, 1.165) is 30.1 Å². The van der Waals surface area contributed by atoms with E-state index in [9.17, 15) is 0 Å². The molecule has 0 saturated heterocycles. The molecule has 2 heterocycles. The van der Waals surface area contributed by atoms with E-state index < -0.39 is 0 Å². The third-order valence-electron chi connectivity index (χ3n) is 3.33. The molecule has 104 valence electrons. The molecule has 0 spiro atoms. The molecule has 0 bridgehead atoms. The van der Waals surface area contributed by atoms with Crippen LogP contribution in [0, 0.1) is 0 Å². The summed E-state index contributed by atoms with van der Waals surface area (Å²) in [4.78, 5) is 4.21. The zero-order valence-electron chi connectivity index (χ0n) is 11.8. The Balaban J connectivity index is 1.76. The highest BCUT2D eigenvalue weighted by atomic mass is 16.3. The number of aryl methyl sites for hydroxylation is 2. The van der Waals surface area contributed by atoms with Gasteiger partial charge < -0.3 is 9.73 Å². The Kier molecular flexibility index (Phi) is 3.52. The van der Waals surface area contributed by atoms with Gasteiger partial charge in [-0.15, -0.1) is 0 Å². The summed E-state index contributed by atoms with van der Waals surface area (Å²) < 4.78 is 7.59. The largest absolute Gasteiger partial charge is 0.461 e. The summed E-state index contributed by atoms with van der Waals surface area (Å²) in [5.74, 6) is 1.85. The van der Waals surface area contributed by atoms with E-state index in [1.54, 1.807) is 11.0 Å². The second-order valence-electron chi connectivity index (χ2n) is 4.79. The van der Waals surface area contributed by atoms with Crippen LogP contribution in [0.3, 0.4) is 0 Å². The first kappa shape index (κ1) is 12.9. The predicted molar refractivity (Wildman–Crippen MR) is 77.1 cm³/mol. The highest BCUT2D eigenvalue weighted by Gasteiger charge is 2.12. The minimum atomic E-state index is 0.656. The Bertz CT molecular complexity index is 714. The molecule has 0 fully saturated rings. The van der Waals surface area contributed by atoms with Gasteiger partial charge in [-0.1, -0.05) is 25.1 Å². The smallest absolute Gasteiger partial charge is 0.164 e. The Morgan fingerprint density at radius 2 is 2.10 bits per heavy atom. The van der Waals surface area contributed by atoms with E-state index in [4.69, 9.17) is 4.42 Å². The lowest BCUT2D eigenvalue weighted by Gasteiger charge is -2.03. The summed E-state index contributed by atoms with van der Waals surface area (Å²) in [5.41, 5.74) is 2.19. The normalized spacial score (nSPS) is 11.3. The lowest BCUT2D eigenvalue weighted by Crippen LogP contribution is -2.14. The van der Waals surface area contributed by atoms with Gasteiger partial charge in [0.2, 0.25) is 0 Å². The van der Waals surface area contributed by atoms with Crippen LogP contribution in [0.5, 0.6) is 0 Å². The summed E-state index contributed by atoms with van der Waals surface area (Å²) in [6.45, 7) is 3.53. The van der Waals surface area contributed by atoms with Crippen molar-refractivity contribution in [3.63, 3.8) is 0 Å². The van der Waals surface area contributed by atoms with Crippen molar-refractivity contribution >= 4 is 11.0 Å². The molecule has 3 aromatic rings. The molecule has 1 N–H and O–H groups in total. The Hall–Kier alpha value is -2.14. The first-order valence-corrected chi connectivity index (χ1v) is 6.82. The van der Waals surface area contributed by atoms with E-state index >= 15 is 0 Å². The maximum atomic E-state index is 5.88. The molecule has 0 unspecified atom stereocenters. The van der Waals surface area contributed by atoms with Crippen LogP contribution in [-0.2, 0) is 26.6 Å². The number of para-hydroxylation sites is 1. The molecule has 0 amide bonds. The van der Waals surface area contributed by atoms with Crippen molar-refractivity contribution in [2.24, 2.45) is 7.05 Å². The van der Waals surface area contributed by atoms with Crippen LogP contribution < -0.4 is 5.32 Å². The van der Waals surface area contributed by atoms with Crippen LogP contribution >= 0.6 is 0 Å². The standard InChI is InChI=1S/C15H18N4O/c1-3-13-12(11-6-4-5-7-14(11)20-13)8-16-9-15-17-10-19(2)18-15/h4-7,10,16H,3,8-9H2,1-2H3. The molecule has 0 aliphatic carbocycles. The second kappa shape index (κ2) is 5.46. The van der Waals surface area contributed by atoms with Crippen molar-refractivity contribution in [2.75, 3.05) is 0 Å². The Morgan fingerprint density at radius 1 is 1.25 bits per heavy atom. The summed E-state index contributed by atoms with van der Waals surface area (Å²) >= 11 is 0. The molecule has 1 aromatic carbocycles. The summed E-state index contributed by atoms with van der Waals surface area (Å²) in [6, 6.07) is 8.16. The molecule has 0 saturated carbocycles. The minimum Gasteiger partial charge on any atom is -0.461 e. The zero-order chi connectivity index (χ0) is 13.9. The lowest BCUT2D eigenvalue weighted by molar-refractivity contribution is 0.542. The molecule has 0 atom stereocenters. The first-order valence-electron chi connectivity index (χ1n) is 6.82. The Labute approximate surface area is 117 Å². The third-order valence-corrected chi connectivity index (χ3v) is 3.33. The van der Waals surface area contributed by atoms with Gasteiger partial charge in [0.1, 0.15) is 17.7 Å². The van der Waals surface area contributed by atoms with Gasteiger partial charge in [-0.2, -0.15) is 5.10 Å². The number of hydrogen-bond donors (Lipinski definition) is 1. The van der Waals surface area contributed by atoms with E-state index in [0.29, 0.717) is 6.54 Å². The molecular weight excluding hydrogens is 252 g/mol. The van der Waals surface area contributed by atoms with E-state index in [2.05, 4.69) is 28.4 Å². The topological polar surface area (TPSA) is 55.9 Å². The average Bonchev–Trinajstić information content (AvgIpc) is 3.03. The third kappa shape index (κ3) is 2.44. The quantitative estimate of drug-likeness (QED) is 0.773. The fourth-order valence-corrected chi connectivity index (χ4v) is 2.39. The van der Waals surface area contributed by atoms with Gasteiger partial charge in [0, 0.05) is 31.0 Å². The van der Waals surface area contributed by atoms with Crippen LogP contribution in [-0.4, -0.2) is 14.8 Å². The van der Waals surface area contributed by atoms with E-state index in [1.165, 1.54) is 10.9 Å². The van der Waals surface area contributed by atoms with Gasteiger partial charge in [0.25, 0.3) is 0 Å². The molecule has 0 aliphatic heterocycles. The highest BCUT2D eigenvalue weighted by molar-refractivity contribution is 5.82. The first-order chi connectivity index (χ1) is 9.78. The van der Waals surface area contributed by atoms with Gasteiger partial charge in [-0.05, 0) is 6.07 Å². The van der Waals surface area contributed by atoms with E-state index in [-0.39, 0.29) is 0 Å². The number of furan rings is 1. The highest BCUT2D eigenvalue weighted by Crippen LogP contribution is 2.26. The summed E-state index contributed by atoms with van der Waals surface area (Å²) in [6.07, 6.45) is 2.61. The van der Waals surface area contributed by atoms with Crippen molar-refractivity contribution in [3.05, 3.63) is 47.7 Å². The summed E-state index contributed by atoms with van der Waals surface area (Å²) in [5, 5.41) is 8.83. The summed E-state index contributed by atoms with van der Waals surface area (Å²) in [7, 11) is 1.87. The maximum Gasteiger partial charge on any atom is 0.164 e. The number of nitrogens with zero attached hydrogens (tertiary/aromatic N) is 3. The van der Waals surface area contributed by atoms with Gasteiger partial charge in [-0.3, -0.25) is 4.68 Å². The molecule has 20 heavy (non-hydrogen) atoms. The molecule has 5 nitrogen and oxygen atoms in total.